The number of piperidine rings is 1. The van der Waals surface area contributed by atoms with Crippen molar-refractivity contribution in [3.05, 3.63) is 28.2 Å². The van der Waals surface area contributed by atoms with Crippen LogP contribution in [0, 0.1) is 5.92 Å². The second kappa shape index (κ2) is 9.70. The third kappa shape index (κ3) is 5.50. The van der Waals surface area contributed by atoms with E-state index in [1.54, 1.807) is 18.2 Å². The Morgan fingerprint density at radius 3 is 2.65 bits per heavy atom. The van der Waals surface area contributed by atoms with E-state index < -0.39 is 0 Å². The molecule has 0 bridgehead atoms. The van der Waals surface area contributed by atoms with Gasteiger partial charge in [0.2, 0.25) is 5.91 Å². The van der Waals surface area contributed by atoms with Gasteiger partial charge in [-0.2, -0.15) is 0 Å². The van der Waals surface area contributed by atoms with Crippen molar-refractivity contribution in [2.45, 2.75) is 32.2 Å². The number of nitrogens with two attached hydrogens (primary N) is 1. The van der Waals surface area contributed by atoms with E-state index in [1.165, 1.54) is 6.42 Å². The molecule has 2 rings (SSSR count). The van der Waals surface area contributed by atoms with Crippen molar-refractivity contribution in [2.75, 3.05) is 25.0 Å². The van der Waals surface area contributed by atoms with Gasteiger partial charge in [0.15, 0.2) is 0 Å². The highest BCUT2D eigenvalue weighted by Crippen LogP contribution is 2.30. The van der Waals surface area contributed by atoms with Gasteiger partial charge in [0.25, 0.3) is 0 Å². The first-order valence-electron chi connectivity index (χ1n) is 7.71. The summed E-state index contributed by atoms with van der Waals surface area (Å²) in [6.45, 7) is 4.58. The van der Waals surface area contributed by atoms with Crippen molar-refractivity contribution in [1.82, 2.24) is 4.90 Å². The van der Waals surface area contributed by atoms with Crippen LogP contribution in [0.4, 0.5) is 5.69 Å². The molecule has 1 amide bonds. The van der Waals surface area contributed by atoms with Gasteiger partial charge in [0.05, 0.1) is 15.7 Å². The van der Waals surface area contributed by atoms with Gasteiger partial charge in [-0.1, -0.05) is 36.2 Å². The molecule has 1 heterocycles. The van der Waals surface area contributed by atoms with Crippen LogP contribution in [0.5, 0.6) is 0 Å². The van der Waals surface area contributed by atoms with Crippen LogP contribution < -0.4 is 11.1 Å². The second-order valence-corrected chi connectivity index (χ2v) is 6.67. The zero-order valence-corrected chi connectivity index (χ0v) is 15.6. The Morgan fingerprint density at radius 1 is 1.39 bits per heavy atom. The number of nitrogens with zero attached hydrogens (tertiary/aromatic N) is 1. The van der Waals surface area contributed by atoms with Crippen molar-refractivity contribution in [3.8, 4) is 0 Å². The number of hydrogen-bond acceptors (Lipinski definition) is 3. The van der Waals surface area contributed by atoms with Crippen LogP contribution in [0.15, 0.2) is 18.2 Å². The van der Waals surface area contributed by atoms with Crippen molar-refractivity contribution in [2.24, 2.45) is 11.7 Å². The number of carbonyl (C=O) groups excluding carboxylic acids is 1. The number of para-hydroxylation sites is 1. The lowest BCUT2D eigenvalue weighted by Gasteiger charge is -2.39. The van der Waals surface area contributed by atoms with E-state index >= 15 is 0 Å². The molecule has 2 unspecified atom stereocenters. The molecule has 2 atom stereocenters. The second-order valence-electron chi connectivity index (χ2n) is 5.85. The predicted molar refractivity (Wildman–Crippen MR) is 99.8 cm³/mol. The van der Waals surface area contributed by atoms with Gasteiger partial charge < -0.3 is 11.1 Å². The Labute approximate surface area is 154 Å². The van der Waals surface area contributed by atoms with Gasteiger partial charge in [0, 0.05) is 25.6 Å². The van der Waals surface area contributed by atoms with Crippen molar-refractivity contribution in [1.29, 1.82) is 0 Å². The molecule has 0 aromatic heterocycles. The van der Waals surface area contributed by atoms with Gasteiger partial charge in [0.1, 0.15) is 0 Å². The van der Waals surface area contributed by atoms with Gasteiger partial charge in [-0.3, -0.25) is 9.69 Å². The fraction of sp³-hybridized carbons (Fsp3) is 0.562. The summed E-state index contributed by atoms with van der Waals surface area (Å²) in [6.07, 6.45) is 2.78. The number of nitrogens with one attached hydrogen (secondary N) is 1. The molecule has 1 aromatic rings. The highest BCUT2D eigenvalue weighted by Gasteiger charge is 2.27. The van der Waals surface area contributed by atoms with Gasteiger partial charge in [-0.05, 0) is 37.4 Å². The fourth-order valence-corrected chi connectivity index (χ4v) is 3.55. The summed E-state index contributed by atoms with van der Waals surface area (Å²) in [5.74, 6) is 0.504. The van der Waals surface area contributed by atoms with Crippen LogP contribution in [-0.4, -0.2) is 36.5 Å². The average molecular weight is 381 g/mol. The lowest BCUT2D eigenvalue weighted by atomic mass is 9.90. The van der Waals surface area contributed by atoms with E-state index in [-0.39, 0.29) is 18.3 Å². The van der Waals surface area contributed by atoms with Crippen LogP contribution in [0.3, 0.4) is 0 Å². The smallest absolute Gasteiger partial charge is 0.225 e. The first-order valence-corrected chi connectivity index (χ1v) is 8.46. The first kappa shape index (κ1) is 20.5. The van der Waals surface area contributed by atoms with E-state index in [2.05, 4.69) is 17.1 Å². The van der Waals surface area contributed by atoms with Crippen LogP contribution in [-0.2, 0) is 4.79 Å². The molecule has 7 heteroatoms. The number of hydrogen-bond donors (Lipinski definition) is 2. The number of amides is 1. The van der Waals surface area contributed by atoms with Crippen LogP contribution in [0.2, 0.25) is 10.0 Å². The molecule has 1 aliphatic rings. The molecule has 0 saturated carbocycles. The highest BCUT2D eigenvalue weighted by molar-refractivity contribution is 6.39. The van der Waals surface area contributed by atoms with E-state index in [1.807, 2.05) is 0 Å². The minimum Gasteiger partial charge on any atom is -0.329 e. The summed E-state index contributed by atoms with van der Waals surface area (Å²) in [6, 6.07) is 5.53. The summed E-state index contributed by atoms with van der Waals surface area (Å²) in [5.41, 5.74) is 6.36. The summed E-state index contributed by atoms with van der Waals surface area (Å²) >= 11 is 12.1. The molecule has 1 fully saturated rings. The third-order valence-electron chi connectivity index (χ3n) is 4.33. The maximum absolute atomic E-state index is 12.1. The van der Waals surface area contributed by atoms with E-state index in [4.69, 9.17) is 28.9 Å². The zero-order chi connectivity index (χ0) is 16.1. The highest BCUT2D eigenvalue weighted by atomic mass is 35.5. The Balaban J connectivity index is 0.00000264. The monoisotopic (exact) mass is 379 g/mol. The molecule has 1 saturated heterocycles. The molecule has 0 radical (unpaired) electrons. The van der Waals surface area contributed by atoms with E-state index in [0.717, 1.165) is 13.0 Å². The predicted octanol–water partition coefficient (Wildman–Crippen LogP) is 3.80. The van der Waals surface area contributed by atoms with Gasteiger partial charge in [-0.15, -0.1) is 12.4 Å². The number of anilines is 1. The van der Waals surface area contributed by atoms with Crippen LogP contribution in [0.1, 0.15) is 26.2 Å². The molecule has 4 nitrogen and oxygen atoms in total. The Hall–Kier alpha value is -0.520. The van der Waals surface area contributed by atoms with E-state index in [0.29, 0.717) is 47.2 Å². The summed E-state index contributed by atoms with van der Waals surface area (Å²) in [7, 11) is 0. The molecule has 1 aliphatic heterocycles. The fourth-order valence-electron chi connectivity index (χ4n) is 3.06. The molecule has 23 heavy (non-hydrogen) atoms. The Bertz CT molecular complexity index is 507. The molecule has 3 N–H and O–H groups in total. The first-order chi connectivity index (χ1) is 10.5. The van der Waals surface area contributed by atoms with Crippen molar-refractivity contribution < 1.29 is 4.79 Å². The molecular weight excluding hydrogens is 357 g/mol. The zero-order valence-electron chi connectivity index (χ0n) is 13.2. The largest absolute Gasteiger partial charge is 0.329 e. The number of rotatable bonds is 5. The SMILES string of the molecule is CC1CCCN(CCC(=O)Nc2c(Cl)cccc2Cl)C1CN.Cl. The maximum Gasteiger partial charge on any atom is 0.225 e. The van der Waals surface area contributed by atoms with E-state index in [9.17, 15) is 4.79 Å². The number of carbonyl (C=O) groups is 1. The van der Waals surface area contributed by atoms with Crippen LogP contribution >= 0.6 is 35.6 Å². The molecule has 0 aliphatic carbocycles. The number of likely N-dealkylation sites (tertiary alicyclic amines) is 1. The quantitative estimate of drug-likeness (QED) is 0.816. The summed E-state index contributed by atoms with van der Waals surface area (Å²) in [4.78, 5) is 14.5. The number of halogens is 3. The molecule has 1 aromatic carbocycles. The molecular formula is C16H24Cl3N3O. The van der Waals surface area contributed by atoms with Gasteiger partial charge >= 0.3 is 0 Å². The standard InChI is InChI=1S/C16H23Cl2N3O.ClH/c1-11-4-3-8-21(14(11)10-19)9-7-15(22)20-16-12(17)5-2-6-13(16)18;/h2,5-6,11,14H,3-4,7-10,19H2,1H3,(H,20,22);1H. The average Bonchev–Trinajstić information content (AvgIpc) is 2.49. The minimum absolute atomic E-state index is 0. The lowest BCUT2D eigenvalue weighted by Crippen LogP contribution is -2.49. The molecule has 130 valence electrons. The summed E-state index contributed by atoms with van der Waals surface area (Å²) in [5, 5.41) is 3.70. The van der Waals surface area contributed by atoms with Crippen LogP contribution in [0.25, 0.3) is 0 Å². The van der Waals surface area contributed by atoms with Gasteiger partial charge in [-0.25, -0.2) is 0 Å². The third-order valence-corrected chi connectivity index (χ3v) is 4.96. The summed E-state index contributed by atoms with van der Waals surface area (Å²) < 4.78 is 0. The van der Waals surface area contributed by atoms with Crippen molar-refractivity contribution in [3.63, 3.8) is 0 Å². The lowest BCUT2D eigenvalue weighted by molar-refractivity contribution is -0.116. The Morgan fingerprint density at radius 2 is 2.04 bits per heavy atom. The topological polar surface area (TPSA) is 58.4 Å². The van der Waals surface area contributed by atoms with Crippen molar-refractivity contribution >= 4 is 47.2 Å². The normalized spacial score (nSPS) is 21.6. The Kier molecular flexibility index (Phi) is 8.65. The maximum atomic E-state index is 12.1. The molecule has 0 spiro atoms. The number of benzene rings is 1. The minimum atomic E-state index is -0.0796.